The lowest BCUT2D eigenvalue weighted by atomic mass is 9.44. The molecule has 1 heterocycles. The second-order valence-corrected chi connectivity index (χ2v) is 12.5. The van der Waals surface area contributed by atoms with E-state index in [1.165, 1.54) is 25.1 Å². The summed E-state index contributed by atoms with van der Waals surface area (Å²) in [4.78, 5) is 51.5. The molecular formula is C31H36F2O8. The topological polar surface area (TPSA) is 120 Å². The van der Waals surface area contributed by atoms with Crippen LogP contribution >= 0.6 is 0 Å². The molecule has 10 heteroatoms. The van der Waals surface area contributed by atoms with Gasteiger partial charge in [-0.05, 0) is 68.9 Å². The number of aliphatic hydroxyl groups excluding tert-OH is 1. The summed E-state index contributed by atoms with van der Waals surface area (Å²) in [5, 5.41) is 11.6. The molecule has 4 aliphatic rings. The Balaban J connectivity index is 1.55. The highest BCUT2D eigenvalue weighted by Crippen LogP contribution is 2.71. The molecule has 8 nitrogen and oxygen atoms in total. The van der Waals surface area contributed by atoms with Crippen LogP contribution in [0.5, 0.6) is 0 Å². The Kier molecular flexibility index (Phi) is 6.95. The molecule has 0 radical (unpaired) electrons. The van der Waals surface area contributed by atoms with E-state index in [9.17, 15) is 24.3 Å². The summed E-state index contributed by atoms with van der Waals surface area (Å²) in [5.41, 5.74) is -7.28. The van der Waals surface area contributed by atoms with E-state index in [-0.39, 0.29) is 37.0 Å². The lowest BCUT2D eigenvalue weighted by Crippen LogP contribution is -2.71. The normalized spacial score (nSPS) is 41.1. The van der Waals surface area contributed by atoms with Crippen LogP contribution in [-0.4, -0.2) is 58.8 Å². The number of furan rings is 1. The fourth-order valence-electron chi connectivity index (χ4n) is 8.36. The smallest absolute Gasteiger partial charge is 0.351 e. The van der Waals surface area contributed by atoms with Crippen molar-refractivity contribution in [1.29, 1.82) is 0 Å². The first-order valence-electron chi connectivity index (χ1n) is 14.1. The van der Waals surface area contributed by atoms with Crippen LogP contribution in [0, 0.1) is 35.5 Å². The van der Waals surface area contributed by atoms with Crippen LogP contribution in [0.15, 0.2) is 40.4 Å². The Morgan fingerprint density at radius 3 is 2.51 bits per heavy atom. The summed E-state index contributed by atoms with van der Waals surface area (Å²) in [7, 11) is 0. The lowest BCUT2D eigenvalue weighted by molar-refractivity contribution is -0.238. The molecular weight excluding hydrogens is 538 g/mol. The quantitative estimate of drug-likeness (QED) is 0.388. The number of Topliss-reactive ketones (excluding diaryl/α,β-unsaturated/α-hetero) is 1. The number of ketones is 2. The van der Waals surface area contributed by atoms with Crippen molar-refractivity contribution in [2.45, 2.75) is 83.8 Å². The van der Waals surface area contributed by atoms with Crippen molar-refractivity contribution >= 4 is 23.5 Å². The number of hydrogen-bond donors (Lipinski definition) is 1. The summed E-state index contributed by atoms with van der Waals surface area (Å²) in [6.07, 6.45) is -0.192. The van der Waals surface area contributed by atoms with Crippen LogP contribution < -0.4 is 0 Å². The molecule has 9 atom stereocenters. The van der Waals surface area contributed by atoms with Crippen molar-refractivity contribution < 1.29 is 47.0 Å². The molecule has 0 aliphatic heterocycles. The molecule has 3 saturated carbocycles. The van der Waals surface area contributed by atoms with E-state index in [1.807, 2.05) is 0 Å². The molecule has 1 N–H and O–H groups in total. The number of fused-ring (bicyclic) bond motifs is 5. The lowest BCUT2D eigenvalue weighted by Gasteiger charge is -2.63. The van der Waals surface area contributed by atoms with Crippen LogP contribution in [0.2, 0.25) is 0 Å². The van der Waals surface area contributed by atoms with Gasteiger partial charge in [0, 0.05) is 29.1 Å². The van der Waals surface area contributed by atoms with Gasteiger partial charge in [-0.2, -0.15) is 0 Å². The Morgan fingerprint density at radius 1 is 1.17 bits per heavy atom. The first kappa shape index (κ1) is 29.4. The van der Waals surface area contributed by atoms with Crippen molar-refractivity contribution in [3.05, 3.63) is 47.5 Å². The van der Waals surface area contributed by atoms with Gasteiger partial charge in [0.05, 0.1) is 6.10 Å². The monoisotopic (exact) mass is 574 g/mol. The maximum absolute atomic E-state index is 17.5. The summed E-state index contributed by atoms with van der Waals surface area (Å²) in [5.74, 6) is -4.70. The van der Waals surface area contributed by atoms with Crippen molar-refractivity contribution in [1.82, 2.24) is 0 Å². The highest BCUT2D eigenvalue weighted by atomic mass is 19.1. The third-order valence-electron chi connectivity index (χ3n) is 10.4. The zero-order valence-electron chi connectivity index (χ0n) is 23.9. The molecule has 4 aliphatic carbocycles. The van der Waals surface area contributed by atoms with E-state index in [1.54, 1.807) is 33.8 Å². The average Bonchev–Trinajstić information content (AvgIpc) is 3.45. The Morgan fingerprint density at radius 2 is 1.88 bits per heavy atom. The number of carbonyl (C=O) groups is 4. The minimum atomic E-state index is -2.36. The third-order valence-corrected chi connectivity index (χ3v) is 10.4. The molecule has 0 aromatic carbocycles. The number of aliphatic hydroxyl groups is 1. The molecule has 5 rings (SSSR count). The number of alkyl halides is 2. The second-order valence-electron chi connectivity index (χ2n) is 12.5. The van der Waals surface area contributed by atoms with Gasteiger partial charge in [-0.25, -0.2) is 13.6 Å². The zero-order chi connectivity index (χ0) is 30.1. The van der Waals surface area contributed by atoms with Gasteiger partial charge in [-0.1, -0.05) is 26.8 Å². The highest BCUT2D eigenvalue weighted by molar-refractivity contribution is 6.01. The summed E-state index contributed by atoms with van der Waals surface area (Å²) >= 11 is 0. The van der Waals surface area contributed by atoms with Crippen molar-refractivity contribution in [3.8, 4) is 0 Å². The van der Waals surface area contributed by atoms with Crippen LogP contribution in [0.3, 0.4) is 0 Å². The SMILES string of the molecule is CCC(=O)O[C@]1(C(=O)OCC(=O)c2ccc(C)o2)[C@H](C)C[C@H]2[C@@H]3C[C@H](F)C4=CC(=O)C=C[C@]4(C)[C@@]3(F)[C@@H](O)C[C@@]21C. The minimum absolute atomic E-state index is 0.000998. The standard InChI is InChI=1S/C31H36F2O8/c1-6-26(37)41-31(27(38)39-15-23(35)24-8-7-17(3)40-24)16(2)11-19-20-13-22(32)21-12-18(34)9-10-28(21,4)30(20,33)25(36)14-29(19,31)5/h7-10,12,16,19-20,22,25,36H,6,11,13-15H2,1-5H3/t16-,19+,20+,22+,25+,28+,29+,30+,31+/m1/s1. The van der Waals surface area contributed by atoms with Crippen LogP contribution in [0.1, 0.15) is 69.7 Å². The van der Waals surface area contributed by atoms with Gasteiger partial charge in [0.25, 0.3) is 0 Å². The Labute approximate surface area is 237 Å². The van der Waals surface area contributed by atoms with E-state index < -0.39 is 82.2 Å². The molecule has 3 fully saturated rings. The number of carbonyl (C=O) groups excluding carboxylic acids is 4. The van der Waals surface area contributed by atoms with Crippen molar-refractivity contribution in [3.63, 3.8) is 0 Å². The molecule has 222 valence electrons. The number of rotatable bonds is 6. The number of ether oxygens (including phenoxy) is 2. The number of esters is 2. The number of hydrogen-bond acceptors (Lipinski definition) is 8. The number of aryl methyl sites for hydroxylation is 1. The first-order valence-corrected chi connectivity index (χ1v) is 14.1. The molecule has 0 saturated heterocycles. The van der Waals surface area contributed by atoms with Crippen LogP contribution in [-0.2, 0) is 23.9 Å². The van der Waals surface area contributed by atoms with E-state index in [0.29, 0.717) is 5.76 Å². The molecule has 0 spiro atoms. The average molecular weight is 575 g/mol. The van der Waals surface area contributed by atoms with Gasteiger partial charge in [0.15, 0.2) is 23.8 Å². The largest absolute Gasteiger partial charge is 0.458 e. The highest BCUT2D eigenvalue weighted by Gasteiger charge is 2.78. The van der Waals surface area contributed by atoms with Gasteiger partial charge in [0.2, 0.25) is 11.4 Å². The van der Waals surface area contributed by atoms with Crippen molar-refractivity contribution in [2.75, 3.05) is 6.61 Å². The van der Waals surface area contributed by atoms with E-state index in [2.05, 4.69) is 0 Å². The summed E-state index contributed by atoms with van der Waals surface area (Å²) in [6, 6.07) is 3.05. The van der Waals surface area contributed by atoms with E-state index in [4.69, 9.17) is 13.9 Å². The first-order chi connectivity index (χ1) is 19.2. The third kappa shape index (κ3) is 3.92. The van der Waals surface area contributed by atoms with Crippen LogP contribution in [0.4, 0.5) is 8.78 Å². The summed E-state index contributed by atoms with van der Waals surface area (Å²) < 4.78 is 50.0. The second kappa shape index (κ2) is 9.71. The molecule has 0 unspecified atom stereocenters. The molecule has 41 heavy (non-hydrogen) atoms. The zero-order valence-corrected chi connectivity index (χ0v) is 23.9. The van der Waals surface area contributed by atoms with Gasteiger partial charge >= 0.3 is 11.9 Å². The maximum atomic E-state index is 17.5. The van der Waals surface area contributed by atoms with Gasteiger partial charge in [-0.15, -0.1) is 0 Å². The molecule has 1 aromatic rings. The fourth-order valence-corrected chi connectivity index (χ4v) is 8.36. The minimum Gasteiger partial charge on any atom is -0.458 e. The maximum Gasteiger partial charge on any atom is 0.351 e. The Bertz CT molecular complexity index is 1360. The molecule has 0 bridgehead atoms. The predicted molar refractivity (Wildman–Crippen MR) is 141 cm³/mol. The van der Waals surface area contributed by atoms with Crippen LogP contribution in [0.25, 0.3) is 0 Å². The number of halogens is 2. The predicted octanol–water partition coefficient (Wildman–Crippen LogP) is 4.57. The van der Waals surface area contributed by atoms with Crippen molar-refractivity contribution in [2.24, 2.45) is 28.6 Å². The van der Waals surface area contributed by atoms with Gasteiger partial charge in [-0.3, -0.25) is 14.4 Å². The molecule has 0 amide bonds. The molecule has 1 aromatic heterocycles. The Hall–Kier alpha value is -3.14. The van der Waals surface area contributed by atoms with E-state index >= 15 is 8.78 Å². The van der Waals surface area contributed by atoms with E-state index in [0.717, 1.165) is 6.08 Å². The van der Waals surface area contributed by atoms with Gasteiger partial charge < -0.3 is 19.0 Å². The fraction of sp³-hybridized carbons (Fsp3) is 0.613. The number of allylic oxidation sites excluding steroid dienone is 4. The van der Waals surface area contributed by atoms with Gasteiger partial charge in [0.1, 0.15) is 11.9 Å². The summed E-state index contributed by atoms with van der Waals surface area (Å²) in [6.45, 7) is 7.36.